The van der Waals surface area contributed by atoms with Crippen molar-refractivity contribution in [2.75, 3.05) is 13.1 Å². The van der Waals surface area contributed by atoms with Gasteiger partial charge in [-0.05, 0) is 56.0 Å². The van der Waals surface area contributed by atoms with Crippen LogP contribution in [-0.2, 0) is 6.42 Å². The van der Waals surface area contributed by atoms with E-state index in [4.69, 9.17) is 4.42 Å². The summed E-state index contributed by atoms with van der Waals surface area (Å²) in [5.74, 6) is 0.534. The van der Waals surface area contributed by atoms with Crippen molar-refractivity contribution in [3.05, 3.63) is 54.2 Å². The third-order valence-electron chi connectivity index (χ3n) is 5.21. The maximum atomic E-state index is 12.4. The Bertz CT molecular complexity index is 648. The quantitative estimate of drug-likeness (QED) is 0.939. The third kappa shape index (κ3) is 2.88. The van der Waals surface area contributed by atoms with Crippen molar-refractivity contribution in [3.63, 3.8) is 0 Å². The Morgan fingerprint density at radius 3 is 2.91 bits per heavy atom. The van der Waals surface area contributed by atoms with Crippen molar-refractivity contribution in [3.8, 4) is 0 Å². The molecule has 5 heteroatoms. The van der Waals surface area contributed by atoms with E-state index in [1.165, 1.54) is 24.7 Å². The van der Waals surface area contributed by atoms with Crippen LogP contribution < -0.4 is 5.32 Å². The second-order valence-corrected chi connectivity index (χ2v) is 6.52. The molecular weight excluding hydrogens is 290 g/mol. The SMILES string of the molecule is O=C(NC1C2CCN(CC2)C1Cc1cccnc1)c1ccoc1. The lowest BCUT2D eigenvalue weighted by atomic mass is 9.76. The molecule has 3 aliphatic heterocycles. The molecule has 5 rings (SSSR count). The highest BCUT2D eigenvalue weighted by Crippen LogP contribution is 2.34. The predicted molar refractivity (Wildman–Crippen MR) is 86.0 cm³/mol. The lowest BCUT2D eigenvalue weighted by Crippen LogP contribution is -2.64. The Morgan fingerprint density at radius 2 is 2.22 bits per heavy atom. The fourth-order valence-corrected chi connectivity index (χ4v) is 4.01. The molecule has 5 heterocycles. The minimum absolute atomic E-state index is 0.0336. The van der Waals surface area contributed by atoms with Gasteiger partial charge in [-0.3, -0.25) is 14.7 Å². The number of amides is 1. The van der Waals surface area contributed by atoms with Crippen LogP contribution in [0.3, 0.4) is 0 Å². The van der Waals surface area contributed by atoms with E-state index < -0.39 is 0 Å². The van der Waals surface area contributed by atoms with Gasteiger partial charge in [-0.15, -0.1) is 0 Å². The zero-order valence-corrected chi connectivity index (χ0v) is 13.0. The van der Waals surface area contributed by atoms with Crippen LogP contribution in [0.5, 0.6) is 0 Å². The number of rotatable bonds is 4. The van der Waals surface area contributed by atoms with Crippen LogP contribution in [-0.4, -0.2) is 41.0 Å². The molecule has 3 fully saturated rings. The number of furan rings is 1. The summed E-state index contributed by atoms with van der Waals surface area (Å²) in [6.07, 6.45) is 10.0. The van der Waals surface area contributed by atoms with Gasteiger partial charge in [0, 0.05) is 24.5 Å². The van der Waals surface area contributed by atoms with Gasteiger partial charge in [0.2, 0.25) is 0 Å². The van der Waals surface area contributed by atoms with Crippen LogP contribution in [0.2, 0.25) is 0 Å². The van der Waals surface area contributed by atoms with Crippen LogP contribution in [0.25, 0.3) is 0 Å². The molecule has 5 nitrogen and oxygen atoms in total. The van der Waals surface area contributed by atoms with E-state index in [1.807, 2.05) is 12.3 Å². The van der Waals surface area contributed by atoms with Crippen molar-refractivity contribution in [1.29, 1.82) is 0 Å². The Morgan fingerprint density at radius 1 is 1.35 bits per heavy atom. The van der Waals surface area contributed by atoms with Crippen LogP contribution in [0.4, 0.5) is 0 Å². The van der Waals surface area contributed by atoms with Crippen LogP contribution in [0, 0.1) is 5.92 Å². The number of nitrogens with one attached hydrogen (secondary N) is 1. The summed E-state index contributed by atoms with van der Waals surface area (Å²) in [5.41, 5.74) is 1.83. The van der Waals surface area contributed by atoms with E-state index in [9.17, 15) is 4.79 Å². The van der Waals surface area contributed by atoms with Gasteiger partial charge in [0.25, 0.3) is 5.91 Å². The molecule has 0 aliphatic carbocycles. The number of aromatic nitrogens is 1. The Kier molecular flexibility index (Phi) is 3.87. The van der Waals surface area contributed by atoms with Gasteiger partial charge in [0.1, 0.15) is 6.26 Å². The van der Waals surface area contributed by atoms with Crippen molar-refractivity contribution < 1.29 is 9.21 Å². The Hall–Kier alpha value is -2.14. The molecule has 1 amide bonds. The third-order valence-corrected chi connectivity index (χ3v) is 5.21. The second-order valence-electron chi connectivity index (χ2n) is 6.52. The van der Waals surface area contributed by atoms with Gasteiger partial charge >= 0.3 is 0 Å². The number of hydrogen-bond acceptors (Lipinski definition) is 4. The molecule has 0 aromatic carbocycles. The van der Waals surface area contributed by atoms with Crippen molar-refractivity contribution >= 4 is 5.91 Å². The average Bonchev–Trinajstić information content (AvgIpc) is 3.13. The highest BCUT2D eigenvalue weighted by atomic mass is 16.3. The number of hydrogen-bond donors (Lipinski definition) is 1. The number of carbonyl (C=O) groups excluding carboxylic acids is 1. The number of pyridine rings is 1. The molecular formula is C18H21N3O2. The van der Waals surface area contributed by atoms with Crippen molar-refractivity contribution in [2.45, 2.75) is 31.3 Å². The zero-order valence-electron chi connectivity index (χ0n) is 13.0. The summed E-state index contributed by atoms with van der Waals surface area (Å²) in [5, 5.41) is 3.26. The number of carbonyl (C=O) groups is 1. The summed E-state index contributed by atoms with van der Waals surface area (Å²) < 4.78 is 5.03. The minimum atomic E-state index is -0.0336. The van der Waals surface area contributed by atoms with Gasteiger partial charge in [0.15, 0.2) is 0 Å². The molecule has 0 radical (unpaired) electrons. The predicted octanol–water partition coefficient (Wildman–Crippen LogP) is 2.11. The second kappa shape index (κ2) is 6.16. The highest BCUT2D eigenvalue weighted by Gasteiger charge is 2.42. The molecule has 2 bridgehead atoms. The summed E-state index contributed by atoms with van der Waals surface area (Å²) in [7, 11) is 0. The first-order valence-corrected chi connectivity index (χ1v) is 8.27. The van der Waals surface area contributed by atoms with E-state index >= 15 is 0 Å². The van der Waals surface area contributed by atoms with Crippen molar-refractivity contribution in [1.82, 2.24) is 15.2 Å². The Balaban J connectivity index is 1.53. The lowest BCUT2D eigenvalue weighted by Gasteiger charge is -2.51. The summed E-state index contributed by atoms with van der Waals surface area (Å²) in [4.78, 5) is 19.2. The average molecular weight is 311 g/mol. The molecule has 3 aliphatic rings. The van der Waals surface area contributed by atoms with Crippen LogP contribution >= 0.6 is 0 Å². The molecule has 2 atom stereocenters. The molecule has 2 aromatic rings. The number of piperidine rings is 3. The minimum Gasteiger partial charge on any atom is -0.472 e. The first kappa shape index (κ1) is 14.5. The topological polar surface area (TPSA) is 58.4 Å². The molecule has 0 saturated carbocycles. The van der Waals surface area contributed by atoms with E-state index in [1.54, 1.807) is 18.5 Å². The standard InChI is InChI=1S/C18H21N3O2/c22-18(15-5-9-23-12-15)20-17-14-3-7-21(8-4-14)16(17)10-13-2-1-6-19-11-13/h1-2,5-6,9,11-12,14,16-17H,3-4,7-8,10H2,(H,20,22). The summed E-state index contributed by atoms with van der Waals surface area (Å²) in [6, 6.07) is 6.35. The normalized spacial score (nSPS) is 29.4. The number of nitrogens with zero attached hydrogens (tertiary/aromatic N) is 2. The lowest BCUT2D eigenvalue weighted by molar-refractivity contribution is 0.0136. The van der Waals surface area contributed by atoms with Crippen molar-refractivity contribution in [2.24, 2.45) is 5.92 Å². The van der Waals surface area contributed by atoms with Gasteiger partial charge in [-0.2, -0.15) is 0 Å². The fourth-order valence-electron chi connectivity index (χ4n) is 4.01. The molecule has 0 spiro atoms. The fraction of sp³-hybridized carbons (Fsp3) is 0.444. The first-order chi connectivity index (χ1) is 11.3. The summed E-state index contributed by atoms with van der Waals surface area (Å²) in [6.45, 7) is 2.27. The largest absolute Gasteiger partial charge is 0.472 e. The zero-order chi connectivity index (χ0) is 15.6. The van der Waals surface area contributed by atoms with Crippen LogP contribution in [0.15, 0.2) is 47.5 Å². The molecule has 2 unspecified atom stereocenters. The van der Waals surface area contributed by atoms with E-state index in [-0.39, 0.29) is 11.9 Å². The molecule has 2 aromatic heterocycles. The highest BCUT2D eigenvalue weighted by molar-refractivity contribution is 5.94. The maximum absolute atomic E-state index is 12.4. The van der Waals surface area contributed by atoms with Crippen LogP contribution in [0.1, 0.15) is 28.8 Å². The molecule has 23 heavy (non-hydrogen) atoms. The summed E-state index contributed by atoms with van der Waals surface area (Å²) >= 11 is 0. The maximum Gasteiger partial charge on any atom is 0.254 e. The van der Waals surface area contributed by atoms with Gasteiger partial charge in [0.05, 0.1) is 11.8 Å². The van der Waals surface area contributed by atoms with E-state index in [2.05, 4.69) is 21.3 Å². The van der Waals surface area contributed by atoms with Gasteiger partial charge in [-0.25, -0.2) is 0 Å². The Labute approximate surface area is 135 Å². The van der Waals surface area contributed by atoms with E-state index in [0.29, 0.717) is 17.5 Å². The molecule has 120 valence electrons. The smallest absolute Gasteiger partial charge is 0.254 e. The monoisotopic (exact) mass is 311 g/mol. The van der Waals surface area contributed by atoms with Gasteiger partial charge < -0.3 is 9.73 Å². The van der Waals surface area contributed by atoms with Gasteiger partial charge in [-0.1, -0.05) is 6.07 Å². The first-order valence-electron chi connectivity index (χ1n) is 8.27. The molecule has 3 saturated heterocycles. The molecule has 1 N–H and O–H groups in total. The van der Waals surface area contributed by atoms with E-state index in [0.717, 1.165) is 19.5 Å². The number of fused-ring (bicyclic) bond motifs is 3.